The highest BCUT2D eigenvalue weighted by Crippen LogP contribution is 2.17. The minimum Gasteiger partial charge on any atom is -0.497 e. The lowest BCUT2D eigenvalue weighted by Gasteiger charge is -2.11. The third-order valence-corrected chi connectivity index (χ3v) is 3.51. The monoisotopic (exact) mass is 327 g/mol. The molecule has 9 heteroatoms. The van der Waals surface area contributed by atoms with Crippen molar-refractivity contribution in [2.75, 3.05) is 7.11 Å². The van der Waals surface area contributed by atoms with E-state index in [1.807, 2.05) is 37.4 Å². The molecule has 2 aromatic heterocycles. The van der Waals surface area contributed by atoms with E-state index in [2.05, 4.69) is 25.9 Å². The third-order valence-electron chi connectivity index (χ3n) is 3.51. The molecule has 9 nitrogen and oxygen atoms in total. The van der Waals surface area contributed by atoms with E-state index < -0.39 is 0 Å². The van der Waals surface area contributed by atoms with Gasteiger partial charge in [0.05, 0.1) is 25.0 Å². The Kier molecular flexibility index (Phi) is 4.50. The fraction of sp³-hybridized carbons (Fsp3) is 0.267. The standard InChI is InChI=1S/C15H17N7O2/c1-11(18-15(23)9-21-10-16-19-20-21)12-7-17-22(8-12)13-3-5-14(24-2)6-4-13/h3-8,10-11H,9H2,1-2H3,(H,18,23)/t11-/m0/s1. The predicted octanol–water partition coefficient (Wildman–Crippen LogP) is 0.745. The normalized spacial score (nSPS) is 11.9. The first-order chi connectivity index (χ1) is 11.7. The second kappa shape index (κ2) is 6.90. The smallest absolute Gasteiger partial charge is 0.242 e. The van der Waals surface area contributed by atoms with E-state index in [-0.39, 0.29) is 18.5 Å². The molecule has 3 aromatic rings. The minimum atomic E-state index is -0.180. The van der Waals surface area contributed by atoms with Crippen LogP contribution in [0.5, 0.6) is 5.75 Å². The molecule has 0 saturated carbocycles. The van der Waals surface area contributed by atoms with Crippen molar-refractivity contribution in [2.24, 2.45) is 0 Å². The van der Waals surface area contributed by atoms with Crippen molar-refractivity contribution in [3.63, 3.8) is 0 Å². The van der Waals surface area contributed by atoms with E-state index in [9.17, 15) is 4.79 Å². The van der Waals surface area contributed by atoms with Crippen LogP contribution in [0.3, 0.4) is 0 Å². The molecule has 0 saturated heterocycles. The van der Waals surface area contributed by atoms with Gasteiger partial charge in [0.2, 0.25) is 5.91 Å². The van der Waals surface area contributed by atoms with E-state index in [0.717, 1.165) is 17.0 Å². The van der Waals surface area contributed by atoms with Crippen LogP contribution in [-0.2, 0) is 11.3 Å². The average Bonchev–Trinajstić information content (AvgIpc) is 3.26. The molecule has 0 spiro atoms. The van der Waals surface area contributed by atoms with Gasteiger partial charge in [-0.1, -0.05) is 0 Å². The summed E-state index contributed by atoms with van der Waals surface area (Å²) in [6, 6.07) is 7.39. The molecule has 1 atom stereocenters. The summed E-state index contributed by atoms with van der Waals surface area (Å²) in [5.74, 6) is 0.612. The van der Waals surface area contributed by atoms with Gasteiger partial charge in [0.1, 0.15) is 18.6 Å². The van der Waals surface area contributed by atoms with Crippen molar-refractivity contribution in [1.82, 2.24) is 35.3 Å². The van der Waals surface area contributed by atoms with E-state index in [1.165, 1.54) is 11.0 Å². The quantitative estimate of drug-likeness (QED) is 0.717. The number of carbonyl (C=O) groups is 1. The first kappa shape index (κ1) is 15.7. The topological polar surface area (TPSA) is 99.8 Å². The summed E-state index contributed by atoms with van der Waals surface area (Å²) in [5.41, 5.74) is 1.81. The van der Waals surface area contributed by atoms with Gasteiger partial charge < -0.3 is 10.1 Å². The summed E-state index contributed by atoms with van der Waals surface area (Å²) < 4.78 is 8.25. The maximum Gasteiger partial charge on any atom is 0.242 e. The van der Waals surface area contributed by atoms with Crippen molar-refractivity contribution < 1.29 is 9.53 Å². The van der Waals surface area contributed by atoms with Gasteiger partial charge in [0.25, 0.3) is 0 Å². The van der Waals surface area contributed by atoms with E-state index in [0.29, 0.717) is 0 Å². The Morgan fingerprint density at radius 1 is 1.33 bits per heavy atom. The molecular formula is C15H17N7O2. The second-order valence-corrected chi connectivity index (χ2v) is 5.21. The number of carbonyl (C=O) groups excluding carboxylic acids is 1. The lowest BCUT2D eigenvalue weighted by molar-refractivity contribution is -0.122. The van der Waals surface area contributed by atoms with Crippen LogP contribution in [0.2, 0.25) is 0 Å². The molecule has 0 aliphatic carbocycles. The van der Waals surface area contributed by atoms with Gasteiger partial charge in [0, 0.05) is 11.8 Å². The second-order valence-electron chi connectivity index (χ2n) is 5.21. The third kappa shape index (κ3) is 3.57. The Balaban J connectivity index is 1.64. The molecule has 24 heavy (non-hydrogen) atoms. The van der Waals surface area contributed by atoms with Gasteiger partial charge >= 0.3 is 0 Å². The number of ether oxygens (including phenoxy) is 1. The first-order valence-corrected chi connectivity index (χ1v) is 7.35. The van der Waals surface area contributed by atoms with Gasteiger partial charge in [0.15, 0.2) is 0 Å². The van der Waals surface area contributed by atoms with Crippen molar-refractivity contribution in [3.8, 4) is 11.4 Å². The summed E-state index contributed by atoms with van der Waals surface area (Å²) >= 11 is 0. The molecule has 2 heterocycles. The van der Waals surface area contributed by atoms with Gasteiger partial charge in [-0.2, -0.15) is 5.10 Å². The zero-order valence-corrected chi connectivity index (χ0v) is 13.3. The fourth-order valence-electron chi connectivity index (χ4n) is 2.21. The largest absolute Gasteiger partial charge is 0.497 e. The predicted molar refractivity (Wildman–Crippen MR) is 84.5 cm³/mol. The van der Waals surface area contributed by atoms with E-state index in [1.54, 1.807) is 18.0 Å². The summed E-state index contributed by atoms with van der Waals surface area (Å²) in [6.07, 6.45) is 5.00. The summed E-state index contributed by atoms with van der Waals surface area (Å²) in [7, 11) is 1.63. The highest BCUT2D eigenvalue weighted by Gasteiger charge is 2.13. The van der Waals surface area contributed by atoms with Crippen LogP contribution in [0, 0.1) is 0 Å². The van der Waals surface area contributed by atoms with Crippen LogP contribution < -0.4 is 10.1 Å². The molecule has 0 bridgehead atoms. The van der Waals surface area contributed by atoms with Gasteiger partial charge in [-0.05, 0) is 41.6 Å². The Bertz CT molecular complexity index is 796. The van der Waals surface area contributed by atoms with Gasteiger partial charge in [-0.3, -0.25) is 4.79 Å². The number of nitrogens with zero attached hydrogens (tertiary/aromatic N) is 6. The van der Waals surface area contributed by atoms with Crippen LogP contribution in [0.1, 0.15) is 18.5 Å². The fourth-order valence-corrected chi connectivity index (χ4v) is 2.21. The number of tetrazole rings is 1. The van der Waals surface area contributed by atoms with Crippen molar-refractivity contribution in [2.45, 2.75) is 19.5 Å². The Morgan fingerprint density at radius 2 is 2.12 bits per heavy atom. The maximum atomic E-state index is 12.0. The van der Waals surface area contributed by atoms with E-state index in [4.69, 9.17) is 4.74 Å². The number of hydrogen-bond donors (Lipinski definition) is 1. The number of benzene rings is 1. The average molecular weight is 327 g/mol. The number of aromatic nitrogens is 6. The molecule has 0 aliphatic rings. The summed E-state index contributed by atoms with van der Waals surface area (Å²) in [6.45, 7) is 1.97. The molecule has 1 aromatic carbocycles. The number of methoxy groups -OCH3 is 1. The molecule has 124 valence electrons. The van der Waals surface area contributed by atoms with Gasteiger partial charge in [-0.25, -0.2) is 9.36 Å². The highest BCUT2D eigenvalue weighted by molar-refractivity contribution is 5.76. The molecule has 1 N–H and O–H groups in total. The summed E-state index contributed by atoms with van der Waals surface area (Å²) in [5, 5.41) is 17.9. The molecule has 0 fully saturated rings. The van der Waals surface area contributed by atoms with Gasteiger partial charge in [-0.15, -0.1) is 5.10 Å². The highest BCUT2D eigenvalue weighted by atomic mass is 16.5. The summed E-state index contributed by atoms with van der Waals surface area (Å²) in [4.78, 5) is 12.0. The maximum absolute atomic E-state index is 12.0. The van der Waals surface area contributed by atoms with Crippen LogP contribution in [-0.4, -0.2) is 43.0 Å². The van der Waals surface area contributed by atoms with Crippen molar-refractivity contribution in [3.05, 3.63) is 48.5 Å². The Labute approximate surface area is 138 Å². The zero-order chi connectivity index (χ0) is 16.9. The SMILES string of the molecule is COc1ccc(-n2cc([C@H](C)NC(=O)Cn3cnnn3)cn2)cc1. The van der Waals surface area contributed by atoms with Crippen LogP contribution >= 0.6 is 0 Å². The molecule has 0 radical (unpaired) electrons. The molecule has 1 amide bonds. The molecule has 0 aliphatic heterocycles. The first-order valence-electron chi connectivity index (χ1n) is 7.35. The minimum absolute atomic E-state index is 0.0734. The number of rotatable bonds is 6. The molecule has 3 rings (SSSR count). The number of amides is 1. The van der Waals surface area contributed by atoms with Crippen LogP contribution in [0.15, 0.2) is 43.0 Å². The Morgan fingerprint density at radius 3 is 2.79 bits per heavy atom. The Hall–Kier alpha value is -3.23. The van der Waals surface area contributed by atoms with Crippen molar-refractivity contribution in [1.29, 1.82) is 0 Å². The zero-order valence-electron chi connectivity index (χ0n) is 13.3. The van der Waals surface area contributed by atoms with Crippen LogP contribution in [0.25, 0.3) is 5.69 Å². The molecule has 0 unspecified atom stereocenters. The molecular weight excluding hydrogens is 310 g/mol. The van der Waals surface area contributed by atoms with E-state index >= 15 is 0 Å². The van der Waals surface area contributed by atoms with Crippen LogP contribution in [0.4, 0.5) is 0 Å². The lowest BCUT2D eigenvalue weighted by Crippen LogP contribution is -2.30. The van der Waals surface area contributed by atoms with Crippen molar-refractivity contribution >= 4 is 5.91 Å². The number of nitrogens with one attached hydrogen (secondary N) is 1. The lowest BCUT2D eigenvalue weighted by atomic mass is 10.2. The number of hydrogen-bond acceptors (Lipinski definition) is 6.